The minimum absolute atomic E-state index is 0.170. The van der Waals surface area contributed by atoms with Gasteiger partial charge in [-0.15, -0.1) is 11.3 Å². The summed E-state index contributed by atoms with van der Waals surface area (Å²) in [6.07, 6.45) is 16.4. The van der Waals surface area contributed by atoms with E-state index in [4.69, 9.17) is 0 Å². The molecular weight excluding hydrogens is 849 g/mol. The molecule has 4 fully saturated rings. The highest BCUT2D eigenvalue weighted by molar-refractivity contribution is 7.12. The topological polar surface area (TPSA) is 51.2 Å². The second-order valence-corrected chi connectivity index (χ2v) is 25.3. The highest BCUT2D eigenvalue weighted by Crippen LogP contribution is 2.57. The first-order valence-corrected chi connectivity index (χ1v) is 27.1. The molecule has 0 aliphatic heterocycles. The third kappa shape index (κ3) is 12.1. The lowest BCUT2D eigenvalue weighted by molar-refractivity contribution is -0.118. The van der Waals surface area contributed by atoms with Gasteiger partial charge >= 0.3 is 0 Å². The second-order valence-electron chi connectivity index (χ2n) is 24.1. The number of carbonyl (C=O) groups is 3. The Morgan fingerprint density at radius 2 is 0.676 bits per heavy atom. The van der Waals surface area contributed by atoms with Gasteiger partial charge < -0.3 is 0 Å². The fourth-order valence-electron chi connectivity index (χ4n) is 11.8. The zero-order chi connectivity index (χ0) is 51.1. The first-order chi connectivity index (χ1) is 31.5. The van der Waals surface area contributed by atoms with Crippen molar-refractivity contribution in [3.05, 3.63) is 123 Å². The van der Waals surface area contributed by atoms with Crippen molar-refractivity contribution in [2.24, 2.45) is 0 Å². The lowest BCUT2D eigenvalue weighted by Gasteiger charge is -2.41. The van der Waals surface area contributed by atoms with Crippen molar-refractivity contribution in [1.29, 1.82) is 0 Å². The Morgan fingerprint density at radius 1 is 0.397 bits per heavy atom. The molecule has 0 radical (unpaired) electrons. The molecule has 4 aromatic rings. The van der Waals surface area contributed by atoms with Crippen LogP contribution in [0.4, 0.5) is 0 Å². The molecule has 0 N–H and O–H groups in total. The van der Waals surface area contributed by atoms with Gasteiger partial charge in [0.25, 0.3) is 0 Å². The fourth-order valence-corrected chi connectivity index (χ4v) is 13.2. The van der Waals surface area contributed by atoms with Crippen molar-refractivity contribution in [3.8, 4) is 0 Å². The van der Waals surface area contributed by atoms with Crippen LogP contribution in [0, 0.1) is 90.0 Å². The number of rotatable bonds is 9. The van der Waals surface area contributed by atoms with E-state index < -0.39 is 0 Å². The van der Waals surface area contributed by atoms with Gasteiger partial charge in [0.2, 0.25) is 0 Å². The van der Waals surface area contributed by atoms with E-state index in [2.05, 4.69) is 142 Å². The summed E-state index contributed by atoms with van der Waals surface area (Å²) in [6, 6.07) is 8.94. The molecule has 1 aromatic heterocycles. The lowest BCUT2D eigenvalue weighted by Crippen LogP contribution is -2.33. The Labute approximate surface area is 419 Å². The van der Waals surface area contributed by atoms with Crippen LogP contribution in [0.2, 0.25) is 0 Å². The average Bonchev–Trinajstić information content (AvgIpc) is 4.04. The Hall–Kier alpha value is -3.63. The number of Topliss-reactive ketones (excluding diaryl/α,β-unsaturated/α-hetero) is 3. The van der Waals surface area contributed by atoms with Gasteiger partial charge in [-0.25, -0.2) is 0 Å². The SMILES string of the molecule is C1CC1.CC(=O)CC1(c2c(C)c(C)c(C)c(C)c2C)CC1.CC(=O)CC1(c2c(C)c(C)c(C)c(C)c2C)CC1.CC(=O)CC1(c2sc(C)c(C)c2C)CC1.CC1(C)CCC(C)(C)c2ccccc21. The summed E-state index contributed by atoms with van der Waals surface area (Å²) in [6.45, 7) is 43.3. The van der Waals surface area contributed by atoms with Gasteiger partial charge in [0.05, 0.1) is 0 Å². The van der Waals surface area contributed by atoms with Crippen molar-refractivity contribution in [3.63, 3.8) is 0 Å². The van der Waals surface area contributed by atoms with Crippen molar-refractivity contribution in [1.82, 2.24) is 0 Å². The number of aryl methyl sites for hydroxylation is 1. The first kappa shape index (κ1) is 55.3. The molecule has 1 heterocycles. The van der Waals surface area contributed by atoms with Crippen LogP contribution in [-0.4, -0.2) is 17.3 Å². The number of hydrogen-bond donors (Lipinski definition) is 0. The highest BCUT2D eigenvalue weighted by Gasteiger charge is 2.49. The quantitative estimate of drug-likeness (QED) is 0.168. The van der Waals surface area contributed by atoms with E-state index in [1.807, 2.05) is 11.3 Å². The van der Waals surface area contributed by atoms with E-state index in [1.54, 1.807) is 31.9 Å². The molecular formula is C64H92O3S. The standard InChI is InChI=1S/2C17H24O.C14H20.C13H18OS.C3H6/c2*1-10(18)9-17(7-8-17)16-14(5)12(3)11(2)13(4)15(16)6;1-13(2)9-10-14(3,4)12-8-6-5-7-11(12)13;1-8(14)7-13(5-6-13)12-10(3)9(2)11(4)15-12;1-2-3-1/h2*7-9H2,1-6H3;5-8H,9-10H2,1-4H3;5-7H2,1-4H3;1-3H2. The van der Waals surface area contributed by atoms with Crippen molar-refractivity contribution in [2.45, 2.75) is 255 Å². The summed E-state index contributed by atoms with van der Waals surface area (Å²) in [5.41, 5.74) is 24.3. The van der Waals surface area contributed by atoms with Gasteiger partial charge in [-0.05, 0) is 262 Å². The van der Waals surface area contributed by atoms with Crippen LogP contribution in [0.15, 0.2) is 24.3 Å². The smallest absolute Gasteiger partial charge is 0.130 e. The van der Waals surface area contributed by atoms with Gasteiger partial charge in [0.15, 0.2) is 0 Å². The Kier molecular flexibility index (Phi) is 17.1. The third-order valence-electron chi connectivity index (χ3n) is 17.7. The van der Waals surface area contributed by atoms with Crippen LogP contribution < -0.4 is 0 Å². The molecule has 4 saturated carbocycles. The van der Waals surface area contributed by atoms with Crippen LogP contribution in [0.1, 0.15) is 237 Å². The molecule has 0 amide bonds. The van der Waals surface area contributed by atoms with Crippen molar-refractivity contribution < 1.29 is 14.4 Å². The maximum absolute atomic E-state index is 11.5. The van der Waals surface area contributed by atoms with Crippen molar-refractivity contribution in [2.75, 3.05) is 0 Å². The monoisotopic (exact) mass is 941 g/mol. The van der Waals surface area contributed by atoms with Gasteiger partial charge in [0, 0.05) is 45.3 Å². The summed E-state index contributed by atoms with van der Waals surface area (Å²) < 4.78 is 0. The minimum Gasteiger partial charge on any atom is -0.300 e. The Morgan fingerprint density at radius 3 is 0.912 bits per heavy atom. The number of ketones is 3. The molecule has 5 aliphatic carbocycles. The average molecular weight is 942 g/mol. The van der Waals surface area contributed by atoms with E-state index >= 15 is 0 Å². The summed E-state index contributed by atoms with van der Waals surface area (Å²) >= 11 is 1.90. The molecule has 0 saturated heterocycles. The minimum atomic E-state index is 0.170. The highest BCUT2D eigenvalue weighted by atomic mass is 32.1. The van der Waals surface area contributed by atoms with E-state index in [9.17, 15) is 14.4 Å². The number of carbonyl (C=O) groups excluding carboxylic acids is 3. The summed E-state index contributed by atoms with van der Waals surface area (Å²) in [4.78, 5) is 37.2. The van der Waals surface area contributed by atoms with Crippen molar-refractivity contribution >= 4 is 28.7 Å². The number of thiophene rings is 1. The van der Waals surface area contributed by atoms with Crippen LogP contribution in [0.5, 0.6) is 0 Å². The van der Waals surface area contributed by atoms with E-state index in [-0.39, 0.29) is 16.2 Å². The largest absolute Gasteiger partial charge is 0.300 e. The van der Waals surface area contributed by atoms with Gasteiger partial charge in [-0.1, -0.05) is 71.2 Å². The van der Waals surface area contributed by atoms with Gasteiger partial charge in [-0.3, -0.25) is 14.4 Å². The zero-order valence-electron chi connectivity index (χ0n) is 46.8. The Balaban J connectivity index is 0.000000166. The maximum atomic E-state index is 11.5. The molecule has 3 aromatic carbocycles. The molecule has 0 unspecified atom stereocenters. The van der Waals surface area contributed by atoms with Crippen LogP contribution in [-0.2, 0) is 41.5 Å². The van der Waals surface area contributed by atoms with Crippen LogP contribution in [0.3, 0.4) is 0 Å². The molecule has 3 nitrogen and oxygen atoms in total. The molecule has 0 bridgehead atoms. The summed E-state index contributed by atoms with van der Waals surface area (Å²) in [7, 11) is 0. The molecule has 68 heavy (non-hydrogen) atoms. The Bertz CT molecular complexity index is 2340. The van der Waals surface area contributed by atoms with E-state index in [1.165, 1.54) is 158 Å². The number of benzene rings is 3. The lowest BCUT2D eigenvalue weighted by atomic mass is 9.63. The van der Waals surface area contributed by atoms with Crippen LogP contribution in [0.25, 0.3) is 0 Å². The maximum Gasteiger partial charge on any atom is 0.130 e. The van der Waals surface area contributed by atoms with E-state index in [0.29, 0.717) is 28.2 Å². The molecule has 5 aliphatic rings. The predicted octanol–water partition coefficient (Wildman–Crippen LogP) is 17.4. The third-order valence-corrected chi connectivity index (χ3v) is 19.2. The molecule has 372 valence electrons. The predicted molar refractivity (Wildman–Crippen MR) is 293 cm³/mol. The molecule has 9 rings (SSSR count). The zero-order valence-corrected chi connectivity index (χ0v) is 47.7. The molecule has 0 spiro atoms. The van der Waals surface area contributed by atoms with Gasteiger partial charge in [-0.2, -0.15) is 0 Å². The van der Waals surface area contributed by atoms with Gasteiger partial charge in [0.1, 0.15) is 17.3 Å². The summed E-state index contributed by atoms with van der Waals surface area (Å²) in [5, 5.41) is 0. The number of fused-ring (bicyclic) bond motifs is 1. The molecule has 4 heteroatoms. The summed E-state index contributed by atoms with van der Waals surface area (Å²) in [5.74, 6) is 0.972. The molecule has 0 atom stereocenters. The fraction of sp³-hybridized carbons (Fsp3) is 0.609. The first-order valence-electron chi connectivity index (χ1n) is 26.3. The van der Waals surface area contributed by atoms with Crippen LogP contribution >= 0.6 is 11.3 Å². The second kappa shape index (κ2) is 21.0. The normalized spacial score (nSPS) is 18.6. The number of hydrogen-bond acceptors (Lipinski definition) is 4. The van der Waals surface area contributed by atoms with E-state index in [0.717, 1.165) is 19.3 Å².